The SMILES string of the molecule is CC(C)(C)OC(=O)NCC(=O)N[C@@H]1Cc2cc(Cl)ccc2-n2c(nnc2C2CCC(Oc3ccccn3)CC2)C1. The molecule has 3 aromatic rings. The zero-order valence-electron chi connectivity index (χ0n) is 23.0. The van der Waals surface area contributed by atoms with Crippen molar-refractivity contribution in [1.29, 1.82) is 0 Å². The molecule has 1 fully saturated rings. The first-order valence-electron chi connectivity index (χ1n) is 13.7. The summed E-state index contributed by atoms with van der Waals surface area (Å²) in [6, 6.07) is 11.2. The highest BCUT2D eigenvalue weighted by molar-refractivity contribution is 6.30. The molecule has 1 aromatic carbocycles. The molecule has 40 heavy (non-hydrogen) atoms. The van der Waals surface area contributed by atoms with Crippen LogP contribution in [0.2, 0.25) is 5.02 Å². The first-order valence-corrected chi connectivity index (χ1v) is 14.1. The topological polar surface area (TPSA) is 120 Å². The minimum Gasteiger partial charge on any atom is -0.474 e. The van der Waals surface area contributed by atoms with Crippen molar-refractivity contribution in [1.82, 2.24) is 30.4 Å². The van der Waals surface area contributed by atoms with E-state index >= 15 is 0 Å². The van der Waals surface area contributed by atoms with Crippen molar-refractivity contribution in [3.05, 3.63) is 64.8 Å². The van der Waals surface area contributed by atoms with E-state index in [1.807, 2.05) is 36.4 Å². The number of fused-ring (bicyclic) bond motifs is 3. The molecule has 0 unspecified atom stereocenters. The van der Waals surface area contributed by atoms with E-state index in [1.54, 1.807) is 27.0 Å². The van der Waals surface area contributed by atoms with E-state index in [-0.39, 0.29) is 30.5 Å². The fourth-order valence-electron chi connectivity index (χ4n) is 5.36. The van der Waals surface area contributed by atoms with Crippen molar-refractivity contribution in [2.45, 2.75) is 83.0 Å². The summed E-state index contributed by atoms with van der Waals surface area (Å²) in [7, 11) is 0. The Morgan fingerprint density at radius 3 is 2.60 bits per heavy atom. The summed E-state index contributed by atoms with van der Waals surface area (Å²) >= 11 is 6.38. The van der Waals surface area contributed by atoms with Crippen LogP contribution in [0.5, 0.6) is 5.88 Å². The minimum absolute atomic E-state index is 0.123. The predicted molar refractivity (Wildman–Crippen MR) is 150 cm³/mol. The Morgan fingerprint density at radius 1 is 1.07 bits per heavy atom. The van der Waals surface area contributed by atoms with Gasteiger partial charge in [0.25, 0.3) is 0 Å². The van der Waals surface area contributed by atoms with Gasteiger partial charge >= 0.3 is 6.09 Å². The molecule has 2 amide bonds. The fourth-order valence-corrected chi connectivity index (χ4v) is 5.55. The van der Waals surface area contributed by atoms with Gasteiger partial charge in [0.1, 0.15) is 29.9 Å². The molecule has 3 heterocycles. The summed E-state index contributed by atoms with van der Waals surface area (Å²) in [6.07, 6.45) is 5.95. The number of nitrogens with zero attached hydrogens (tertiary/aromatic N) is 4. The number of aromatic nitrogens is 4. The standard InChI is InChI=1S/C29H35ClN6O4/c1-29(2,3)40-28(38)32-17-25(37)33-21-15-19-14-20(30)9-12-23(19)36-24(16-21)34-35-27(36)18-7-10-22(11-8-18)39-26-6-4-5-13-31-26/h4-6,9,12-14,18,21-22H,7-8,10-11,15-17H2,1-3H3,(H,32,38)(H,33,37)/t18?,21-,22?/m1/s1. The third kappa shape index (κ3) is 6.91. The van der Waals surface area contributed by atoms with Crippen LogP contribution in [0.3, 0.4) is 0 Å². The smallest absolute Gasteiger partial charge is 0.408 e. The number of carbonyl (C=O) groups excluding carboxylic acids is 2. The molecule has 11 heteroatoms. The highest BCUT2D eigenvalue weighted by atomic mass is 35.5. The van der Waals surface area contributed by atoms with Gasteiger partial charge < -0.3 is 20.1 Å². The van der Waals surface area contributed by atoms with Crippen molar-refractivity contribution >= 4 is 23.6 Å². The number of nitrogens with one attached hydrogen (secondary N) is 2. The van der Waals surface area contributed by atoms with Crippen LogP contribution in [0, 0.1) is 0 Å². The number of pyridine rings is 1. The first-order chi connectivity index (χ1) is 19.1. The van der Waals surface area contributed by atoms with E-state index in [0.717, 1.165) is 48.6 Å². The monoisotopic (exact) mass is 566 g/mol. The zero-order chi connectivity index (χ0) is 28.3. The number of carbonyl (C=O) groups is 2. The Hall–Kier alpha value is -3.66. The van der Waals surface area contributed by atoms with E-state index < -0.39 is 11.7 Å². The van der Waals surface area contributed by atoms with Crippen LogP contribution in [-0.4, -0.2) is 56.0 Å². The van der Waals surface area contributed by atoms with Gasteiger partial charge in [-0.15, -0.1) is 10.2 Å². The van der Waals surface area contributed by atoms with E-state index in [1.165, 1.54) is 0 Å². The van der Waals surface area contributed by atoms with E-state index in [9.17, 15) is 9.59 Å². The van der Waals surface area contributed by atoms with E-state index in [4.69, 9.17) is 21.1 Å². The molecule has 5 rings (SSSR count). The Morgan fingerprint density at radius 2 is 1.88 bits per heavy atom. The van der Waals surface area contributed by atoms with E-state index in [2.05, 4.69) is 30.4 Å². The molecule has 212 valence electrons. The second-order valence-electron chi connectivity index (χ2n) is 11.4. The van der Waals surface area contributed by atoms with Gasteiger partial charge in [0.15, 0.2) is 0 Å². The van der Waals surface area contributed by atoms with Gasteiger partial charge in [-0.2, -0.15) is 0 Å². The normalized spacial score (nSPS) is 20.4. The van der Waals surface area contributed by atoms with Crippen LogP contribution >= 0.6 is 11.6 Å². The number of rotatable bonds is 6. The highest BCUT2D eigenvalue weighted by Gasteiger charge is 2.32. The summed E-state index contributed by atoms with van der Waals surface area (Å²) in [4.78, 5) is 29.0. The lowest BCUT2D eigenvalue weighted by atomic mass is 9.86. The van der Waals surface area contributed by atoms with Crippen molar-refractivity contribution in [3.63, 3.8) is 0 Å². The summed E-state index contributed by atoms with van der Waals surface area (Å²) < 4.78 is 13.5. The third-order valence-corrected chi connectivity index (χ3v) is 7.29. The molecule has 0 saturated heterocycles. The molecule has 1 atom stereocenters. The van der Waals surface area contributed by atoms with Gasteiger partial charge in [0, 0.05) is 35.7 Å². The Labute approximate surface area is 238 Å². The number of benzene rings is 1. The van der Waals surface area contributed by atoms with Crippen LogP contribution in [0.4, 0.5) is 4.79 Å². The lowest BCUT2D eigenvalue weighted by Gasteiger charge is -2.28. The number of ether oxygens (including phenoxy) is 2. The van der Waals surface area contributed by atoms with Crippen LogP contribution in [-0.2, 0) is 22.4 Å². The molecule has 10 nitrogen and oxygen atoms in total. The maximum absolute atomic E-state index is 12.7. The molecular weight excluding hydrogens is 532 g/mol. The van der Waals surface area contributed by atoms with Crippen molar-refractivity contribution < 1.29 is 19.1 Å². The Kier molecular flexibility index (Phi) is 8.25. The number of amides is 2. The quantitative estimate of drug-likeness (QED) is 0.450. The van der Waals surface area contributed by atoms with Crippen LogP contribution in [0.15, 0.2) is 42.6 Å². The second kappa shape index (κ2) is 11.8. The number of hydrogen-bond acceptors (Lipinski definition) is 7. The lowest BCUT2D eigenvalue weighted by molar-refractivity contribution is -0.121. The highest BCUT2D eigenvalue weighted by Crippen LogP contribution is 2.37. The van der Waals surface area contributed by atoms with Crippen LogP contribution in [0.25, 0.3) is 5.69 Å². The van der Waals surface area contributed by atoms with Gasteiger partial charge in [-0.05, 0) is 82.7 Å². The molecule has 0 bridgehead atoms. The van der Waals surface area contributed by atoms with Gasteiger partial charge in [0.05, 0.1) is 5.69 Å². The lowest BCUT2D eigenvalue weighted by Crippen LogP contribution is -2.44. The number of halogens is 1. The van der Waals surface area contributed by atoms with Gasteiger partial charge in [-0.3, -0.25) is 9.36 Å². The summed E-state index contributed by atoms with van der Waals surface area (Å²) in [5, 5.41) is 15.4. The van der Waals surface area contributed by atoms with Crippen LogP contribution < -0.4 is 15.4 Å². The molecule has 1 aliphatic carbocycles. The second-order valence-corrected chi connectivity index (χ2v) is 11.8. The molecular formula is C29H35ClN6O4. The molecule has 0 radical (unpaired) electrons. The maximum Gasteiger partial charge on any atom is 0.408 e. The third-order valence-electron chi connectivity index (χ3n) is 7.05. The average Bonchev–Trinajstić information content (AvgIpc) is 3.24. The van der Waals surface area contributed by atoms with E-state index in [0.29, 0.717) is 23.7 Å². The van der Waals surface area contributed by atoms with Crippen molar-refractivity contribution in [2.24, 2.45) is 0 Å². The molecule has 0 spiro atoms. The molecule has 1 aliphatic heterocycles. The largest absolute Gasteiger partial charge is 0.474 e. The molecule has 2 aliphatic rings. The summed E-state index contributed by atoms with van der Waals surface area (Å²) in [6.45, 7) is 5.13. The summed E-state index contributed by atoms with van der Waals surface area (Å²) in [5.41, 5.74) is 1.34. The van der Waals surface area contributed by atoms with Crippen molar-refractivity contribution in [2.75, 3.05) is 6.54 Å². The minimum atomic E-state index is -0.641. The number of alkyl carbamates (subject to hydrolysis) is 1. The van der Waals surface area contributed by atoms with Gasteiger partial charge in [-0.25, -0.2) is 9.78 Å². The van der Waals surface area contributed by atoms with Crippen molar-refractivity contribution in [3.8, 4) is 11.6 Å². The molecule has 1 saturated carbocycles. The average molecular weight is 567 g/mol. The molecule has 2 aromatic heterocycles. The fraction of sp³-hybridized carbons (Fsp3) is 0.483. The number of hydrogen-bond donors (Lipinski definition) is 2. The summed E-state index contributed by atoms with van der Waals surface area (Å²) in [5.74, 6) is 2.29. The Balaban J connectivity index is 1.29. The molecule has 2 N–H and O–H groups in total. The van der Waals surface area contributed by atoms with Crippen LogP contribution in [0.1, 0.15) is 69.6 Å². The maximum atomic E-state index is 12.7. The Bertz CT molecular complexity index is 1350. The van der Waals surface area contributed by atoms with Gasteiger partial charge in [-0.1, -0.05) is 17.7 Å². The van der Waals surface area contributed by atoms with Gasteiger partial charge in [0.2, 0.25) is 11.8 Å². The zero-order valence-corrected chi connectivity index (χ0v) is 23.8. The predicted octanol–water partition coefficient (Wildman–Crippen LogP) is 4.53. The first kappa shape index (κ1) is 27.9.